The van der Waals surface area contributed by atoms with Crippen LogP contribution in [0.25, 0.3) is 0 Å². The number of anilines is 2. The Bertz CT molecular complexity index is 916. The van der Waals surface area contributed by atoms with Gasteiger partial charge >= 0.3 is 0 Å². The van der Waals surface area contributed by atoms with E-state index in [1.165, 1.54) is 5.56 Å². The van der Waals surface area contributed by atoms with Crippen molar-refractivity contribution in [3.05, 3.63) is 58.6 Å². The number of likely N-dealkylation sites (N-methyl/N-ethyl adjacent to an activating group) is 1. The third-order valence-electron chi connectivity index (χ3n) is 5.50. The molecule has 2 aromatic rings. The summed E-state index contributed by atoms with van der Waals surface area (Å²) < 4.78 is 0. The Morgan fingerprint density at radius 1 is 1.07 bits per heavy atom. The predicted molar refractivity (Wildman–Crippen MR) is 116 cm³/mol. The van der Waals surface area contributed by atoms with Crippen LogP contribution in [-0.2, 0) is 11.3 Å². The van der Waals surface area contributed by atoms with Crippen molar-refractivity contribution in [1.82, 2.24) is 9.80 Å². The van der Waals surface area contributed by atoms with Crippen LogP contribution >= 0.6 is 11.6 Å². The number of amides is 2. The molecule has 2 heterocycles. The molecule has 0 aromatic heterocycles. The van der Waals surface area contributed by atoms with E-state index in [4.69, 9.17) is 11.6 Å². The van der Waals surface area contributed by atoms with Gasteiger partial charge in [0.2, 0.25) is 5.91 Å². The lowest BCUT2D eigenvalue weighted by atomic mass is 10.1. The molecule has 0 radical (unpaired) electrons. The van der Waals surface area contributed by atoms with Crippen LogP contribution in [-0.4, -0.2) is 61.4 Å². The summed E-state index contributed by atoms with van der Waals surface area (Å²) in [5, 5.41) is 3.61. The van der Waals surface area contributed by atoms with Crippen molar-refractivity contribution < 1.29 is 9.59 Å². The van der Waals surface area contributed by atoms with Crippen molar-refractivity contribution in [1.29, 1.82) is 0 Å². The smallest absolute Gasteiger partial charge is 0.253 e. The second-order valence-corrected chi connectivity index (χ2v) is 8.12. The maximum atomic E-state index is 13.1. The van der Waals surface area contributed by atoms with Crippen LogP contribution in [0.1, 0.15) is 22.3 Å². The number of nitrogens with one attached hydrogen (secondary N) is 1. The zero-order valence-electron chi connectivity index (χ0n) is 16.5. The van der Waals surface area contributed by atoms with Gasteiger partial charge in [-0.25, -0.2) is 0 Å². The summed E-state index contributed by atoms with van der Waals surface area (Å²) in [5.74, 6) is -0.0409. The highest BCUT2D eigenvalue weighted by Gasteiger charge is 2.24. The number of benzene rings is 2. The Balaban J connectivity index is 1.41. The lowest BCUT2D eigenvalue weighted by molar-refractivity contribution is -0.115. The van der Waals surface area contributed by atoms with Gasteiger partial charge in [-0.1, -0.05) is 23.7 Å². The minimum atomic E-state index is -0.0581. The zero-order chi connectivity index (χ0) is 20.4. The van der Waals surface area contributed by atoms with E-state index in [2.05, 4.69) is 22.3 Å². The zero-order valence-corrected chi connectivity index (χ0v) is 17.3. The van der Waals surface area contributed by atoms with E-state index in [1.807, 2.05) is 41.1 Å². The Kier molecular flexibility index (Phi) is 5.74. The largest absolute Gasteiger partial charge is 0.364 e. The van der Waals surface area contributed by atoms with Crippen LogP contribution in [0, 0.1) is 0 Å². The van der Waals surface area contributed by atoms with Gasteiger partial charge in [0.25, 0.3) is 5.91 Å². The third kappa shape index (κ3) is 4.54. The highest BCUT2D eigenvalue weighted by atomic mass is 35.5. The first-order chi connectivity index (χ1) is 14.0. The molecule has 0 atom stereocenters. The van der Waals surface area contributed by atoms with Crippen molar-refractivity contribution in [2.24, 2.45) is 0 Å². The van der Waals surface area contributed by atoms with Gasteiger partial charge in [-0.3, -0.25) is 14.5 Å². The molecule has 152 valence electrons. The number of hydrogen-bond donors (Lipinski definition) is 1. The Morgan fingerprint density at radius 3 is 2.66 bits per heavy atom. The summed E-state index contributed by atoms with van der Waals surface area (Å²) in [7, 11) is 1.88. The van der Waals surface area contributed by atoms with Crippen molar-refractivity contribution >= 4 is 34.8 Å². The molecule has 0 aliphatic carbocycles. The number of fused-ring (bicyclic) bond motifs is 1. The molecule has 2 aromatic carbocycles. The van der Waals surface area contributed by atoms with Crippen LogP contribution < -0.4 is 10.2 Å². The summed E-state index contributed by atoms with van der Waals surface area (Å²) >= 11 is 5.97. The molecule has 4 rings (SSSR count). The summed E-state index contributed by atoms with van der Waals surface area (Å²) in [6, 6.07) is 13.5. The first-order valence-corrected chi connectivity index (χ1v) is 10.3. The van der Waals surface area contributed by atoms with Crippen molar-refractivity contribution in [3.63, 3.8) is 0 Å². The molecule has 6 nitrogen and oxygen atoms in total. The van der Waals surface area contributed by atoms with E-state index in [1.54, 1.807) is 6.07 Å². The molecule has 0 bridgehead atoms. The second kappa shape index (κ2) is 8.43. The van der Waals surface area contributed by atoms with Gasteiger partial charge in [0.15, 0.2) is 0 Å². The minimum absolute atomic E-state index is 0.0172. The molecule has 1 N–H and O–H groups in total. The average molecular weight is 413 g/mol. The van der Waals surface area contributed by atoms with E-state index >= 15 is 0 Å². The van der Waals surface area contributed by atoms with Crippen LogP contribution in [0.15, 0.2) is 42.5 Å². The summed E-state index contributed by atoms with van der Waals surface area (Å²) in [6.07, 6.45) is 0.934. The number of hydrogen-bond acceptors (Lipinski definition) is 4. The lowest BCUT2D eigenvalue weighted by Gasteiger charge is -2.28. The summed E-state index contributed by atoms with van der Waals surface area (Å²) in [4.78, 5) is 31.1. The normalized spacial score (nSPS) is 17.5. The number of nitrogens with zero attached hydrogens (tertiary/aromatic N) is 3. The number of carbonyl (C=O) groups is 2. The number of carbonyl (C=O) groups excluding carboxylic acids is 2. The highest BCUT2D eigenvalue weighted by molar-refractivity contribution is 6.30. The average Bonchev–Trinajstić information content (AvgIpc) is 2.94. The van der Waals surface area contributed by atoms with Crippen LogP contribution in [0.3, 0.4) is 0 Å². The quantitative estimate of drug-likeness (QED) is 0.841. The molecule has 2 aliphatic heterocycles. The predicted octanol–water partition coefficient (Wildman–Crippen LogP) is 3.08. The van der Waals surface area contributed by atoms with Gasteiger partial charge in [-0.15, -0.1) is 0 Å². The lowest BCUT2D eigenvalue weighted by Crippen LogP contribution is -2.37. The molecule has 7 heteroatoms. The van der Waals surface area contributed by atoms with Crippen LogP contribution in [0.5, 0.6) is 0 Å². The third-order valence-corrected chi connectivity index (χ3v) is 5.76. The number of halogens is 1. The highest BCUT2D eigenvalue weighted by Crippen LogP contribution is 2.29. The molecule has 0 spiro atoms. The van der Waals surface area contributed by atoms with Crippen LogP contribution in [0.4, 0.5) is 11.4 Å². The topological polar surface area (TPSA) is 55.9 Å². The fourth-order valence-corrected chi connectivity index (χ4v) is 4.08. The molecule has 1 fully saturated rings. The standard InChI is InChI=1S/C22H25ClN4O2/c1-25-15-21(28)24-19-13-17(5-8-20(19)25)22(29)27-10-2-9-26(11-12-27)14-16-3-6-18(23)7-4-16/h3-8,13H,2,9-12,14-15H2,1H3,(H,24,28). The van der Waals surface area contributed by atoms with Crippen LogP contribution in [0.2, 0.25) is 5.02 Å². The Labute approximate surface area is 176 Å². The fraction of sp³-hybridized carbons (Fsp3) is 0.364. The summed E-state index contributed by atoms with van der Waals surface area (Å²) in [6.45, 7) is 4.40. The monoisotopic (exact) mass is 412 g/mol. The second-order valence-electron chi connectivity index (χ2n) is 7.68. The first kappa shape index (κ1) is 19.7. The van der Waals surface area contributed by atoms with Gasteiger partial charge in [-0.05, 0) is 42.3 Å². The SMILES string of the molecule is CN1CC(=O)Nc2cc(C(=O)N3CCCN(Cc4ccc(Cl)cc4)CC3)ccc21. The Hall–Kier alpha value is -2.57. The maximum Gasteiger partial charge on any atom is 0.253 e. The van der Waals surface area contributed by atoms with E-state index in [0.29, 0.717) is 24.3 Å². The molecule has 1 saturated heterocycles. The van der Waals surface area contributed by atoms with E-state index < -0.39 is 0 Å². The van der Waals surface area contributed by atoms with Crippen molar-refractivity contribution in [2.75, 3.05) is 50.0 Å². The first-order valence-electron chi connectivity index (χ1n) is 9.91. The molecule has 2 aliphatic rings. The molecular weight excluding hydrogens is 388 g/mol. The molecule has 0 unspecified atom stereocenters. The Morgan fingerprint density at radius 2 is 1.86 bits per heavy atom. The van der Waals surface area contributed by atoms with E-state index in [0.717, 1.165) is 43.3 Å². The van der Waals surface area contributed by atoms with Crippen molar-refractivity contribution in [3.8, 4) is 0 Å². The molecular formula is C22H25ClN4O2. The van der Waals surface area contributed by atoms with E-state index in [-0.39, 0.29) is 11.8 Å². The molecule has 2 amide bonds. The molecule has 29 heavy (non-hydrogen) atoms. The maximum absolute atomic E-state index is 13.1. The summed E-state index contributed by atoms with van der Waals surface area (Å²) in [5.41, 5.74) is 3.48. The van der Waals surface area contributed by atoms with E-state index in [9.17, 15) is 9.59 Å². The van der Waals surface area contributed by atoms with Gasteiger partial charge in [0, 0.05) is 50.4 Å². The minimum Gasteiger partial charge on any atom is -0.364 e. The van der Waals surface area contributed by atoms with Gasteiger partial charge in [-0.2, -0.15) is 0 Å². The fourth-order valence-electron chi connectivity index (χ4n) is 3.96. The van der Waals surface area contributed by atoms with Gasteiger partial charge in [0.05, 0.1) is 17.9 Å². The van der Waals surface area contributed by atoms with Gasteiger partial charge < -0.3 is 15.1 Å². The number of rotatable bonds is 3. The molecule has 0 saturated carbocycles. The van der Waals surface area contributed by atoms with Crippen molar-refractivity contribution in [2.45, 2.75) is 13.0 Å². The van der Waals surface area contributed by atoms with Gasteiger partial charge in [0.1, 0.15) is 0 Å².